The predicted octanol–water partition coefficient (Wildman–Crippen LogP) is 1.52. The van der Waals surface area contributed by atoms with Gasteiger partial charge in [0.25, 0.3) is 0 Å². The minimum atomic E-state index is -3.45. The number of hydrogen-bond donors (Lipinski definition) is 1. The van der Waals surface area contributed by atoms with Crippen molar-refractivity contribution in [3.8, 4) is 11.5 Å². The number of hydrogen-bond acceptors (Lipinski definition) is 5. The monoisotopic (exact) mass is 328 g/mol. The molecule has 0 bridgehead atoms. The summed E-state index contributed by atoms with van der Waals surface area (Å²) in [6, 6.07) is 8.48. The van der Waals surface area contributed by atoms with Crippen molar-refractivity contribution in [2.45, 2.75) is 9.46 Å². The fourth-order valence-electron chi connectivity index (χ4n) is 2.12. The molecule has 0 radical (unpaired) electrons. The van der Waals surface area contributed by atoms with Crippen LogP contribution in [0.1, 0.15) is 10.8 Å². The number of benzene rings is 1. The normalized spacial score (nSPS) is 12.9. The number of thiophene rings is 1. The van der Waals surface area contributed by atoms with Gasteiger partial charge in [0.15, 0.2) is 21.3 Å². The summed E-state index contributed by atoms with van der Waals surface area (Å²) in [5.41, 5.74) is 4.44. The van der Waals surface area contributed by atoms with Gasteiger partial charge in [0.05, 0.1) is 20.8 Å². The molecule has 0 unspecified atom stereocenters. The van der Waals surface area contributed by atoms with Crippen molar-refractivity contribution in [3.63, 3.8) is 0 Å². The van der Waals surface area contributed by atoms with Crippen LogP contribution in [0.25, 0.3) is 0 Å². The summed E-state index contributed by atoms with van der Waals surface area (Å²) in [6.45, 7) is 0.246. The molecule has 114 valence electrons. The van der Waals surface area contributed by atoms with Crippen molar-refractivity contribution in [3.05, 3.63) is 41.3 Å². The van der Waals surface area contributed by atoms with Gasteiger partial charge in [-0.25, -0.2) is 8.42 Å². The van der Waals surface area contributed by atoms with E-state index in [1.54, 1.807) is 42.8 Å². The van der Waals surface area contributed by atoms with Crippen LogP contribution in [0.5, 0.6) is 11.5 Å². The zero-order chi connectivity index (χ0) is 15.5. The first-order chi connectivity index (χ1) is 10.0. The Hall–Kier alpha value is -1.57. The molecule has 0 aliphatic carbocycles. The highest BCUT2D eigenvalue weighted by Crippen LogP contribution is 2.35. The second-order valence-electron chi connectivity index (χ2n) is 4.37. The summed E-state index contributed by atoms with van der Waals surface area (Å²) in [6.07, 6.45) is 0. The third-order valence-electron chi connectivity index (χ3n) is 3.19. The Labute approximate surface area is 128 Å². The molecule has 1 atom stereocenters. The van der Waals surface area contributed by atoms with Crippen LogP contribution in [0.2, 0.25) is 0 Å². The van der Waals surface area contributed by atoms with E-state index in [1.165, 1.54) is 18.4 Å². The highest BCUT2D eigenvalue weighted by Gasteiger charge is 2.31. The van der Waals surface area contributed by atoms with Crippen molar-refractivity contribution in [2.24, 2.45) is 0 Å². The third kappa shape index (κ3) is 3.04. The maximum atomic E-state index is 12.7. The Balaban J connectivity index is 2.47. The number of ether oxygens (including phenoxy) is 2. The predicted molar refractivity (Wildman–Crippen MR) is 81.5 cm³/mol. The average Bonchev–Trinajstić information content (AvgIpc) is 3.02. The van der Waals surface area contributed by atoms with Crippen molar-refractivity contribution in [1.82, 2.24) is 0 Å². The molecular weight excluding hydrogens is 310 g/mol. The third-order valence-corrected chi connectivity index (χ3v) is 6.79. The SMILES string of the molecule is COc1ccc([C@H](C[NH3+])S(=O)(=O)c2cccs2)cc1OC. The van der Waals surface area contributed by atoms with E-state index in [-0.39, 0.29) is 6.54 Å². The average molecular weight is 328 g/mol. The van der Waals surface area contributed by atoms with E-state index >= 15 is 0 Å². The van der Waals surface area contributed by atoms with E-state index < -0.39 is 15.1 Å². The molecule has 2 rings (SSSR count). The molecule has 0 spiro atoms. The summed E-state index contributed by atoms with van der Waals surface area (Å²) in [4.78, 5) is 0. The van der Waals surface area contributed by atoms with E-state index in [4.69, 9.17) is 9.47 Å². The van der Waals surface area contributed by atoms with Crippen LogP contribution < -0.4 is 15.2 Å². The van der Waals surface area contributed by atoms with Crippen LogP contribution in [-0.2, 0) is 9.84 Å². The Bertz CT molecular complexity index is 696. The number of methoxy groups -OCH3 is 2. The summed E-state index contributed by atoms with van der Waals surface area (Å²) >= 11 is 1.21. The molecule has 3 N–H and O–H groups in total. The van der Waals surface area contributed by atoms with Crippen LogP contribution in [0, 0.1) is 0 Å². The van der Waals surface area contributed by atoms with Gasteiger partial charge in [-0.15, -0.1) is 11.3 Å². The van der Waals surface area contributed by atoms with Gasteiger partial charge in [-0.2, -0.15) is 0 Å². The molecule has 1 aromatic carbocycles. The summed E-state index contributed by atoms with van der Waals surface area (Å²) in [5.74, 6) is 1.08. The lowest BCUT2D eigenvalue weighted by Gasteiger charge is -2.16. The number of sulfone groups is 1. The maximum absolute atomic E-state index is 12.7. The second kappa shape index (κ2) is 6.46. The molecule has 0 amide bonds. The lowest BCUT2D eigenvalue weighted by atomic mass is 10.1. The van der Waals surface area contributed by atoms with E-state index in [9.17, 15) is 8.42 Å². The Kier molecular flexibility index (Phi) is 4.87. The zero-order valence-electron chi connectivity index (χ0n) is 11.9. The van der Waals surface area contributed by atoms with Crippen molar-refractivity contribution >= 4 is 21.2 Å². The summed E-state index contributed by atoms with van der Waals surface area (Å²) < 4.78 is 36.1. The van der Waals surface area contributed by atoms with Crippen LogP contribution in [-0.4, -0.2) is 29.2 Å². The molecule has 0 fully saturated rings. The van der Waals surface area contributed by atoms with Gasteiger partial charge in [-0.3, -0.25) is 0 Å². The highest BCUT2D eigenvalue weighted by atomic mass is 32.2. The Morgan fingerprint density at radius 2 is 1.90 bits per heavy atom. The lowest BCUT2D eigenvalue weighted by molar-refractivity contribution is -0.367. The van der Waals surface area contributed by atoms with Crippen LogP contribution >= 0.6 is 11.3 Å². The molecule has 5 nitrogen and oxygen atoms in total. The molecule has 0 saturated carbocycles. The molecular formula is C14H18NO4S2+. The topological polar surface area (TPSA) is 80.2 Å². The highest BCUT2D eigenvalue weighted by molar-refractivity contribution is 7.93. The number of rotatable bonds is 6. The Morgan fingerprint density at radius 3 is 2.43 bits per heavy atom. The van der Waals surface area contributed by atoms with Gasteiger partial charge in [-0.1, -0.05) is 12.1 Å². The molecule has 2 aromatic rings. The van der Waals surface area contributed by atoms with E-state index in [2.05, 4.69) is 5.73 Å². The van der Waals surface area contributed by atoms with Gasteiger partial charge >= 0.3 is 0 Å². The first kappa shape index (κ1) is 15.8. The molecule has 7 heteroatoms. The number of quaternary nitrogens is 1. The molecule has 0 aliphatic rings. The fraction of sp³-hybridized carbons (Fsp3) is 0.286. The van der Waals surface area contributed by atoms with Crippen LogP contribution in [0.3, 0.4) is 0 Å². The van der Waals surface area contributed by atoms with Gasteiger partial charge in [0.1, 0.15) is 9.46 Å². The van der Waals surface area contributed by atoms with E-state index in [0.717, 1.165) is 0 Å². The molecule has 0 aliphatic heterocycles. The Morgan fingerprint density at radius 1 is 1.19 bits per heavy atom. The smallest absolute Gasteiger partial charge is 0.200 e. The van der Waals surface area contributed by atoms with E-state index in [1.807, 2.05) is 0 Å². The molecule has 1 aromatic heterocycles. The van der Waals surface area contributed by atoms with Crippen molar-refractivity contribution in [1.29, 1.82) is 0 Å². The van der Waals surface area contributed by atoms with Gasteiger partial charge in [-0.05, 0) is 29.1 Å². The summed E-state index contributed by atoms with van der Waals surface area (Å²) in [7, 11) is -0.383. The minimum absolute atomic E-state index is 0.246. The van der Waals surface area contributed by atoms with E-state index in [0.29, 0.717) is 21.3 Å². The van der Waals surface area contributed by atoms with Crippen molar-refractivity contribution in [2.75, 3.05) is 20.8 Å². The van der Waals surface area contributed by atoms with Gasteiger partial charge < -0.3 is 15.2 Å². The standard InChI is InChI=1S/C14H17NO4S2/c1-18-11-6-5-10(8-12(11)19-2)13(9-15)21(16,17)14-4-3-7-20-14/h3-8,13H,9,15H2,1-2H3/p+1/t13-/m0/s1. The minimum Gasteiger partial charge on any atom is -0.493 e. The maximum Gasteiger partial charge on any atom is 0.200 e. The quantitative estimate of drug-likeness (QED) is 0.872. The van der Waals surface area contributed by atoms with Gasteiger partial charge in [0.2, 0.25) is 0 Å². The lowest BCUT2D eigenvalue weighted by Crippen LogP contribution is -2.54. The fourth-order valence-corrected chi connectivity index (χ4v) is 4.98. The van der Waals surface area contributed by atoms with Gasteiger partial charge in [0, 0.05) is 0 Å². The molecule has 1 heterocycles. The zero-order valence-corrected chi connectivity index (χ0v) is 13.5. The first-order valence-electron chi connectivity index (χ1n) is 6.33. The van der Waals surface area contributed by atoms with Crippen molar-refractivity contribution < 1.29 is 23.6 Å². The molecule has 0 saturated heterocycles. The first-order valence-corrected chi connectivity index (χ1v) is 8.75. The van der Waals surface area contributed by atoms with Crippen LogP contribution in [0.15, 0.2) is 39.9 Å². The summed E-state index contributed by atoms with van der Waals surface area (Å²) in [5, 5.41) is 1.05. The second-order valence-corrected chi connectivity index (χ2v) is 7.67. The largest absolute Gasteiger partial charge is 0.493 e. The molecule has 21 heavy (non-hydrogen) atoms. The van der Waals surface area contributed by atoms with Crippen LogP contribution in [0.4, 0.5) is 0 Å².